The molecule has 2 aromatic rings. The zero-order valence-electron chi connectivity index (χ0n) is 13.0. The third kappa shape index (κ3) is 2.88. The lowest BCUT2D eigenvalue weighted by Gasteiger charge is -2.08. The molecule has 0 saturated heterocycles. The molecule has 19 heavy (non-hydrogen) atoms. The molecule has 0 spiro atoms. The number of carboxylic acid groups (broad SMARTS) is 1. The summed E-state index contributed by atoms with van der Waals surface area (Å²) in [4.78, 5) is 23.7. The highest BCUT2D eigenvalue weighted by atomic mass is 16.4. The third-order valence-corrected chi connectivity index (χ3v) is 2.70. The smallest absolute Gasteiger partial charge is 0.310 e. The van der Waals surface area contributed by atoms with Crippen molar-refractivity contribution in [1.29, 1.82) is 0 Å². The molecule has 0 amide bonds. The molecule has 1 unspecified atom stereocenters. The van der Waals surface area contributed by atoms with Gasteiger partial charge in [-0.3, -0.25) is 9.59 Å². The van der Waals surface area contributed by atoms with Gasteiger partial charge in [-0.25, -0.2) is 0 Å². The molecule has 0 saturated carbocycles. The van der Waals surface area contributed by atoms with Crippen LogP contribution in [0.4, 0.5) is 0 Å². The molecule has 1 N–H and O–H groups in total. The van der Waals surface area contributed by atoms with E-state index in [1.54, 1.807) is 30.3 Å². The summed E-state index contributed by atoms with van der Waals surface area (Å²) < 4.78 is 22.6. The molecule has 0 radical (unpaired) electrons. The first-order chi connectivity index (χ1) is 10.4. The number of carbonyl (C=O) groups is 2. The van der Waals surface area contributed by atoms with Crippen LogP contribution >= 0.6 is 0 Å². The maximum Gasteiger partial charge on any atom is 0.310 e. The summed E-state index contributed by atoms with van der Waals surface area (Å²) >= 11 is 0. The van der Waals surface area contributed by atoms with Gasteiger partial charge in [0.25, 0.3) is 0 Å². The number of ketones is 1. The van der Waals surface area contributed by atoms with E-state index in [0.717, 1.165) is 0 Å². The number of aliphatic carboxylic acids is 1. The Hall–Kier alpha value is -2.42. The fraction of sp³-hybridized carbons (Fsp3) is 0.125. The Labute approximate surface area is 115 Å². The van der Waals surface area contributed by atoms with Crippen molar-refractivity contribution in [2.45, 2.75) is 12.8 Å². The second-order valence-electron chi connectivity index (χ2n) is 3.99. The summed E-state index contributed by atoms with van der Waals surface area (Å²) in [7, 11) is 0. The second-order valence-corrected chi connectivity index (χ2v) is 3.99. The van der Waals surface area contributed by atoms with Crippen LogP contribution in [-0.4, -0.2) is 16.9 Å². The van der Waals surface area contributed by atoms with E-state index >= 15 is 0 Å². The first kappa shape index (κ1) is 9.50. The van der Waals surface area contributed by atoms with Crippen molar-refractivity contribution in [2.24, 2.45) is 0 Å². The van der Waals surface area contributed by atoms with Crippen molar-refractivity contribution in [2.75, 3.05) is 0 Å². The maximum absolute atomic E-state index is 12.4. The predicted octanol–water partition coefficient (Wildman–Crippen LogP) is 3.11. The van der Waals surface area contributed by atoms with E-state index in [-0.39, 0.29) is 16.9 Å². The molecule has 0 aliphatic rings. The van der Waals surface area contributed by atoms with Gasteiger partial charge in [-0.1, -0.05) is 48.5 Å². The Kier molecular flexibility index (Phi) is 2.74. The van der Waals surface area contributed by atoms with Gasteiger partial charge in [0.05, 0.1) is 5.89 Å². The van der Waals surface area contributed by atoms with Crippen molar-refractivity contribution < 1.29 is 18.8 Å². The molecular weight excluding hydrogens is 240 g/mol. The molecule has 0 heterocycles. The standard InChI is InChI=1S/C16H14O3/c1-11(16(18)19)13-8-5-9-14(10-13)15(17)12-6-3-2-4-7-12/h2-11H,1H3,(H,18,19)/i1D2,11D. The van der Waals surface area contributed by atoms with Crippen LogP contribution in [0.5, 0.6) is 0 Å². The van der Waals surface area contributed by atoms with Crippen LogP contribution in [0, 0.1) is 0 Å². The number of hydrogen-bond donors (Lipinski definition) is 1. The normalized spacial score (nSPS) is 15.9. The zero-order chi connectivity index (χ0) is 16.3. The zero-order valence-corrected chi connectivity index (χ0v) is 10.0. The quantitative estimate of drug-likeness (QED) is 0.856. The number of rotatable bonds is 4. The van der Waals surface area contributed by atoms with Crippen LogP contribution in [0.15, 0.2) is 54.6 Å². The van der Waals surface area contributed by atoms with E-state index in [4.69, 9.17) is 4.11 Å². The van der Waals surface area contributed by atoms with Gasteiger partial charge in [0, 0.05) is 15.2 Å². The predicted molar refractivity (Wildman–Crippen MR) is 72.4 cm³/mol. The lowest BCUT2D eigenvalue weighted by Crippen LogP contribution is -2.09. The highest BCUT2D eigenvalue weighted by Crippen LogP contribution is 2.18. The molecule has 0 bridgehead atoms. The largest absolute Gasteiger partial charge is 0.481 e. The van der Waals surface area contributed by atoms with Crippen molar-refractivity contribution in [1.82, 2.24) is 0 Å². The monoisotopic (exact) mass is 257 g/mol. The molecule has 0 aromatic heterocycles. The van der Waals surface area contributed by atoms with Crippen LogP contribution < -0.4 is 0 Å². The minimum Gasteiger partial charge on any atom is -0.481 e. The average Bonchev–Trinajstić information content (AvgIpc) is 2.53. The van der Waals surface area contributed by atoms with E-state index in [1.165, 1.54) is 24.3 Å². The third-order valence-electron chi connectivity index (χ3n) is 2.70. The van der Waals surface area contributed by atoms with Crippen molar-refractivity contribution >= 4 is 11.8 Å². The summed E-state index contributed by atoms with van der Waals surface area (Å²) in [6, 6.07) is 14.1. The molecule has 96 valence electrons. The van der Waals surface area contributed by atoms with Gasteiger partial charge in [0.2, 0.25) is 0 Å². The Morgan fingerprint density at radius 3 is 2.42 bits per heavy atom. The highest BCUT2D eigenvalue weighted by Gasteiger charge is 2.16. The Bertz CT molecular complexity index is 701. The Morgan fingerprint density at radius 2 is 1.79 bits per heavy atom. The van der Waals surface area contributed by atoms with Gasteiger partial charge < -0.3 is 5.11 Å². The summed E-state index contributed by atoms with van der Waals surface area (Å²) in [5.41, 5.74) is 0.609. The van der Waals surface area contributed by atoms with Crippen molar-refractivity contribution in [3.8, 4) is 0 Å². The van der Waals surface area contributed by atoms with Gasteiger partial charge in [-0.2, -0.15) is 0 Å². The first-order valence-electron chi connectivity index (χ1n) is 7.31. The van der Waals surface area contributed by atoms with Crippen LogP contribution in [0.1, 0.15) is 38.4 Å². The Morgan fingerprint density at radius 1 is 1.11 bits per heavy atom. The highest BCUT2D eigenvalue weighted by molar-refractivity contribution is 6.09. The molecule has 0 aliphatic carbocycles. The lowest BCUT2D eigenvalue weighted by atomic mass is 9.96. The summed E-state index contributed by atoms with van der Waals surface area (Å²) in [6.45, 7) is -1.92. The van der Waals surface area contributed by atoms with Gasteiger partial charge >= 0.3 is 5.97 Å². The maximum atomic E-state index is 12.4. The van der Waals surface area contributed by atoms with Crippen LogP contribution in [0.3, 0.4) is 0 Å². The minimum absolute atomic E-state index is 0.0585. The van der Waals surface area contributed by atoms with Gasteiger partial charge in [0.1, 0.15) is 0 Å². The van der Waals surface area contributed by atoms with Gasteiger partial charge in [-0.15, -0.1) is 0 Å². The van der Waals surface area contributed by atoms with Crippen molar-refractivity contribution in [3.63, 3.8) is 0 Å². The Balaban J connectivity index is 2.47. The fourth-order valence-corrected chi connectivity index (χ4v) is 1.71. The van der Waals surface area contributed by atoms with Crippen molar-refractivity contribution in [3.05, 3.63) is 71.3 Å². The molecule has 3 heteroatoms. The van der Waals surface area contributed by atoms with Crippen LogP contribution in [-0.2, 0) is 4.79 Å². The molecule has 1 atom stereocenters. The van der Waals surface area contributed by atoms with E-state index < -0.39 is 18.7 Å². The summed E-state index contributed by atoms with van der Waals surface area (Å²) in [5, 5.41) is 9.19. The van der Waals surface area contributed by atoms with E-state index in [9.17, 15) is 14.7 Å². The van der Waals surface area contributed by atoms with Crippen LogP contribution in [0.25, 0.3) is 0 Å². The minimum atomic E-state index is -2.44. The van der Waals surface area contributed by atoms with E-state index in [1.807, 2.05) is 0 Å². The molecule has 0 aliphatic heterocycles. The summed E-state index contributed by atoms with van der Waals surface area (Å²) in [5.74, 6) is -4.33. The van der Waals surface area contributed by atoms with Gasteiger partial charge in [-0.05, 0) is 18.5 Å². The SMILES string of the molecule is [2H]C([2H])C([2H])(C(=O)O)c1cccc(C(=O)c2ccccc2)c1. The molecule has 3 nitrogen and oxygen atoms in total. The first-order valence-corrected chi connectivity index (χ1v) is 5.65. The number of carbonyl (C=O) groups excluding carboxylic acids is 1. The van der Waals surface area contributed by atoms with E-state index in [2.05, 4.69) is 0 Å². The second kappa shape index (κ2) is 5.48. The van der Waals surface area contributed by atoms with E-state index in [0.29, 0.717) is 5.56 Å². The fourth-order valence-electron chi connectivity index (χ4n) is 1.71. The number of benzene rings is 2. The number of carboxylic acids is 1. The lowest BCUT2D eigenvalue weighted by molar-refractivity contribution is -0.138. The average molecular weight is 257 g/mol. The van der Waals surface area contributed by atoms with Crippen LogP contribution in [0.2, 0.25) is 0 Å². The molecule has 2 aromatic carbocycles. The molecular formula is C16H14O3. The van der Waals surface area contributed by atoms with Gasteiger partial charge in [0.15, 0.2) is 5.78 Å². The topological polar surface area (TPSA) is 54.4 Å². The number of hydrogen-bond acceptors (Lipinski definition) is 2. The molecule has 2 rings (SSSR count). The molecule has 0 fully saturated rings. The summed E-state index contributed by atoms with van der Waals surface area (Å²) in [6.07, 6.45) is 0.